The fourth-order valence-corrected chi connectivity index (χ4v) is 2.03. The minimum Gasteiger partial charge on any atom is -0.380 e. The number of nitrogens with one attached hydrogen (secondary N) is 1. The fraction of sp³-hybridized carbons (Fsp3) is 0.250. The quantitative estimate of drug-likeness (QED) is 0.910. The van der Waals surface area contributed by atoms with Crippen molar-refractivity contribution >= 4 is 17.0 Å². The lowest BCUT2D eigenvalue weighted by Gasteiger charge is -2.12. The average molecular weight is 272 g/mol. The second kappa shape index (κ2) is 4.97. The van der Waals surface area contributed by atoms with Crippen molar-refractivity contribution in [1.82, 2.24) is 4.98 Å². The van der Waals surface area contributed by atoms with Crippen LogP contribution in [0.15, 0.2) is 29.9 Å². The van der Waals surface area contributed by atoms with Crippen LogP contribution in [-0.4, -0.2) is 4.98 Å². The Kier molecular flexibility index (Phi) is 3.56. The molecule has 2 nitrogen and oxygen atoms in total. The second-order valence-corrected chi connectivity index (χ2v) is 4.82. The van der Waals surface area contributed by atoms with Crippen molar-refractivity contribution in [1.29, 1.82) is 0 Å². The van der Waals surface area contributed by atoms with E-state index in [0.29, 0.717) is 12.2 Å². The maximum absolute atomic E-state index is 12.6. The van der Waals surface area contributed by atoms with E-state index in [2.05, 4.69) is 10.3 Å². The standard InChI is InChI=1S/C12H11F3N2S/c1-8-2-3-9(12(13,14)15)4-11(8)17-6-10-5-16-7-18-10/h2-5,7,17H,6H2,1H3. The van der Waals surface area contributed by atoms with Crippen molar-refractivity contribution in [2.45, 2.75) is 19.6 Å². The summed E-state index contributed by atoms with van der Waals surface area (Å²) in [6.07, 6.45) is -2.62. The highest BCUT2D eigenvalue weighted by Crippen LogP contribution is 2.32. The zero-order valence-corrected chi connectivity index (χ0v) is 10.4. The summed E-state index contributed by atoms with van der Waals surface area (Å²) < 4.78 is 37.7. The zero-order valence-electron chi connectivity index (χ0n) is 9.58. The van der Waals surface area contributed by atoms with E-state index < -0.39 is 11.7 Å². The molecule has 1 N–H and O–H groups in total. The molecule has 1 heterocycles. The summed E-state index contributed by atoms with van der Waals surface area (Å²) in [4.78, 5) is 4.89. The maximum Gasteiger partial charge on any atom is 0.416 e. The highest BCUT2D eigenvalue weighted by Gasteiger charge is 2.30. The van der Waals surface area contributed by atoms with Crippen LogP contribution < -0.4 is 5.32 Å². The summed E-state index contributed by atoms with van der Waals surface area (Å²) in [6.45, 7) is 2.25. The smallest absolute Gasteiger partial charge is 0.380 e. The van der Waals surface area contributed by atoms with Crippen molar-refractivity contribution in [3.63, 3.8) is 0 Å². The van der Waals surface area contributed by atoms with E-state index in [4.69, 9.17) is 0 Å². The summed E-state index contributed by atoms with van der Waals surface area (Å²) in [5, 5.41) is 3.00. The van der Waals surface area contributed by atoms with Crippen molar-refractivity contribution in [2.24, 2.45) is 0 Å². The largest absolute Gasteiger partial charge is 0.416 e. The highest BCUT2D eigenvalue weighted by molar-refractivity contribution is 7.09. The Morgan fingerprint density at radius 2 is 2.11 bits per heavy atom. The molecule has 1 aromatic carbocycles. The van der Waals surface area contributed by atoms with Gasteiger partial charge in [0.05, 0.1) is 17.6 Å². The Hall–Kier alpha value is -1.56. The van der Waals surface area contributed by atoms with Gasteiger partial charge in [0.15, 0.2) is 0 Å². The molecule has 0 radical (unpaired) electrons. The van der Waals surface area contributed by atoms with E-state index in [1.54, 1.807) is 18.6 Å². The number of alkyl halides is 3. The third kappa shape index (κ3) is 3.01. The first-order chi connectivity index (χ1) is 8.47. The summed E-state index contributed by atoms with van der Waals surface area (Å²) in [5.41, 5.74) is 2.33. The highest BCUT2D eigenvalue weighted by atomic mass is 32.1. The lowest BCUT2D eigenvalue weighted by molar-refractivity contribution is -0.137. The number of aryl methyl sites for hydroxylation is 1. The monoisotopic (exact) mass is 272 g/mol. The molecule has 0 unspecified atom stereocenters. The molecule has 6 heteroatoms. The van der Waals surface area contributed by atoms with Crippen LogP contribution in [0.1, 0.15) is 16.0 Å². The van der Waals surface area contributed by atoms with Gasteiger partial charge in [-0.1, -0.05) is 6.07 Å². The molecule has 1 aromatic heterocycles. The normalized spacial score (nSPS) is 11.6. The number of hydrogen-bond donors (Lipinski definition) is 1. The fourth-order valence-electron chi connectivity index (χ4n) is 1.50. The molecule has 0 spiro atoms. The molecule has 0 aliphatic heterocycles. The van der Waals surface area contributed by atoms with Gasteiger partial charge in [0.1, 0.15) is 0 Å². The molecule has 0 atom stereocenters. The molecule has 0 fully saturated rings. The molecule has 96 valence electrons. The average Bonchev–Trinajstić information content (AvgIpc) is 2.79. The Morgan fingerprint density at radius 3 is 2.72 bits per heavy atom. The maximum atomic E-state index is 12.6. The SMILES string of the molecule is Cc1ccc(C(F)(F)F)cc1NCc1cncs1. The lowest BCUT2D eigenvalue weighted by Crippen LogP contribution is -2.07. The van der Waals surface area contributed by atoms with Gasteiger partial charge in [0.25, 0.3) is 0 Å². The molecule has 0 saturated heterocycles. The van der Waals surface area contributed by atoms with Crippen molar-refractivity contribution in [2.75, 3.05) is 5.32 Å². The first-order valence-corrected chi connectivity index (χ1v) is 6.14. The first-order valence-electron chi connectivity index (χ1n) is 5.26. The predicted octanol–water partition coefficient (Wildman–Crippen LogP) is 4.08. The number of rotatable bonds is 3. The van der Waals surface area contributed by atoms with Crippen LogP contribution in [0.4, 0.5) is 18.9 Å². The third-order valence-electron chi connectivity index (χ3n) is 2.50. The van der Waals surface area contributed by atoms with Crippen LogP contribution in [0.25, 0.3) is 0 Å². The number of nitrogens with zero attached hydrogens (tertiary/aromatic N) is 1. The van der Waals surface area contributed by atoms with E-state index in [1.807, 2.05) is 0 Å². The molecular formula is C12H11F3N2S. The molecule has 2 rings (SSSR count). The van der Waals surface area contributed by atoms with Crippen LogP contribution >= 0.6 is 11.3 Å². The summed E-state index contributed by atoms with van der Waals surface area (Å²) >= 11 is 1.46. The van der Waals surface area contributed by atoms with Gasteiger partial charge in [-0.3, -0.25) is 4.98 Å². The Morgan fingerprint density at radius 1 is 1.33 bits per heavy atom. The van der Waals surface area contributed by atoms with Crippen LogP contribution in [0, 0.1) is 6.92 Å². The van der Waals surface area contributed by atoms with E-state index >= 15 is 0 Å². The van der Waals surface area contributed by atoms with Gasteiger partial charge in [0, 0.05) is 16.8 Å². The number of hydrogen-bond acceptors (Lipinski definition) is 3. The Labute approximate surface area is 106 Å². The number of halogens is 3. The third-order valence-corrected chi connectivity index (χ3v) is 3.28. The predicted molar refractivity (Wildman–Crippen MR) is 65.6 cm³/mol. The molecule has 0 bridgehead atoms. The van der Waals surface area contributed by atoms with Crippen LogP contribution in [-0.2, 0) is 12.7 Å². The summed E-state index contributed by atoms with van der Waals surface area (Å²) in [7, 11) is 0. The Balaban J connectivity index is 2.16. The topological polar surface area (TPSA) is 24.9 Å². The van der Waals surface area contributed by atoms with Gasteiger partial charge < -0.3 is 5.32 Å². The van der Waals surface area contributed by atoms with Crippen molar-refractivity contribution in [3.05, 3.63) is 45.9 Å². The van der Waals surface area contributed by atoms with E-state index in [-0.39, 0.29) is 0 Å². The van der Waals surface area contributed by atoms with Gasteiger partial charge in [0.2, 0.25) is 0 Å². The number of anilines is 1. The molecule has 0 saturated carbocycles. The molecule has 18 heavy (non-hydrogen) atoms. The van der Waals surface area contributed by atoms with Gasteiger partial charge in [-0.05, 0) is 24.6 Å². The van der Waals surface area contributed by atoms with Crippen LogP contribution in [0.2, 0.25) is 0 Å². The molecule has 0 aliphatic carbocycles. The summed E-state index contributed by atoms with van der Waals surface area (Å²) in [5.74, 6) is 0. The number of aromatic nitrogens is 1. The molecule has 2 aromatic rings. The molecule has 0 aliphatic rings. The first kappa shape index (κ1) is 12.9. The summed E-state index contributed by atoms with van der Waals surface area (Å²) in [6, 6.07) is 3.70. The van der Waals surface area contributed by atoms with Crippen molar-refractivity contribution in [3.8, 4) is 0 Å². The number of thiazole rings is 1. The Bertz CT molecular complexity index is 521. The van der Waals surface area contributed by atoms with E-state index in [0.717, 1.165) is 22.6 Å². The van der Waals surface area contributed by atoms with Gasteiger partial charge >= 0.3 is 6.18 Å². The molecular weight excluding hydrogens is 261 g/mol. The van der Waals surface area contributed by atoms with E-state index in [9.17, 15) is 13.2 Å². The molecule has 0 amide bonds. The second-order valence-electron chi connectivity index (χ2n) is 3.85. The minimum atomic E-state index is -4.31. The van der Waals surface area contributed by atoms with Gasteiger partial charge in [-0.2, -0.15) is 13.2 Å². The zero-order chi connectivity index (χ0) is 13.2. The lowest BCUT2D eigenvalue weighted by atomic mass is 10.1. The number of benzene rings is 1. The van der Waals surface area contributed by atoms with E-state index in [1.165, 1.54) is 17.4 Å². The van der Waals surface area contributed by atoms with Gasteiger partial charge in [-0.15, -0.1) is 11.3 Å². The van der Waals surface area contributed by atoms with Crippen LogP contribution in [0.5, 0.6) is 0 Å². The van der Waals surface area contributed by atoms with Crippen LogP contribution in [0.3, 0.4) is 0 Å². The van der Waals surface area contributed by atoms with Gasteiger partial charge in [-0.25, -0.2) is 0 Å². The van der Waals surface area contributed by atoms with Crippen molar-refractivity contribution < 1.29 is 13.2 Å². The minimum absolute atomic E-state index is 0.479.